The molecule has 3 rings (SSSR count). The Morgan fingerprint density at radius 1 is 1.09 bits per heavy atom. The first-order chi connectivity index (χ1) is 10.8. The Morgan fingerprint density at radius 2 is 1.82 bits per heavy atom. The number of aldehydes is 1. The molecule has 0 aliphatic rings. The third-order valence-corrected chi connectivity index (χ3v) is 3.47. The van der Waals surface area contributed by atoms with Gasteiger partial charge < -0.3 is 4.74 Å². The van der Waals surface area contributed by atoms with Crippen molar-refractivity contribution in [2.75, 3.05) is 7.11 Å². The molecule has 3 aromatic rings. The van der Waals surface area contributed by atoms with Crippen LogP contribution in [0.1, 0.15) is 15.9 Å². The summed E-state index contributed by atoms with van der Waals surface area (Å²) in [4.78, 5) is 11.3. The molecule has 0 atom stereocenters. The van der Waals surface area contributed by atoms with Crippen LogP contribution in [0.5, 0.6) is 5.75 Å². The second kappa shape index (κ2) is 6.26. The van der Waals surface area contributed by atoms with Crippen molar-refractivity contribution in [3.63, 3.8) is 0 Å². The summed E-state index contributed by atoms with van der Waals surface area (Å²) in [5.74, 6) is 0.778. The maximum Gasteiger partial charge on any atom is 0.153 e. The molecule has 0 spiro atoms. The number of hydrogen-bond acceptors (Lipinski definition) is 3. The quantitative estimate of drug-likeness (QED) is 0.677. The van der Waals surface area contributed by atoms with E-state index in [0.29, 0.717) is 17.8 Å². The second-order valence-corrected chi connectivity index (χ2v) is 4.96. The van der Waals surface area contributed by atoms with E-state index in [-0.39, 0.29) is 0 Å². The van der Waals surface area contributed by atoms with E-state index in [1.54, 1.807) is 18.0 Å². The van der Waals surface area contributed by atoms with Crippen LogP contribution >= 0.6 is 0 Å². The Morgan fingerprint density at radius 3 is 2.45 bits per heavy atom. The first-order valence-electron chi connectivity index (χ1n) is 7.01. The first kappa shape index (κ1) is 14.1. The predicted molar refractivity (Wildman–Crippen MR) is 85.1 cm³/mol. The monoisotopic (exact) mass is 292 g/mol. The average molecular weight is 292 g/mol. The molecule has 0 bridgehead atoms. The molecule has 0 aliphatic heterocycles. The predicted octanol–water partition coefficient (Wildman–Crippen LogP) is 3.42. The van der Waals surface area contributed by atoms with E-state index >= 15 is 0 Å². The van der Waals surface area contributed by atoms with Crippen LogP contribution in [0.4, 0.5) is 0 Å². The van der Waals surface area contributed by atoms with Gasteiger partial charge >= 0.3 is 0 Å². The molecule has 0 aliphatic carbocycles. The molecule has 0 radical (unpaired) electrons. The molecule has 1 heterocycles. The van der Waals surface area contributed by atoms with Crippen molar-refractivity contribution in [3.8, 4) is 17.0 Å². The molecule has 1 aromatic heterocycles. The molecular formula is C18H16N2O2. The molecule has 4 nitrogen and oxygen atoms in total. The lowest BCUT2D eigenvalue weighted by molar-refractivity contribution is 0.112. The van der Waals surface area contributed by atoms with Crippen molar-refractivity contribution in [1.29, 1.82) is 0 Å². The number of benzene rings is 2. The molecule has 22 heavy (non-hydrogen) atoms. The van der Waals surface area contributed by atoms with Gasteiger partial charge in [-0.25, -0.2) is 0 Å². The van der Waals surface area contributed by atoms with Gasteiger partial charge in [-0.05, 0) is 29.8 Å². The Labute approximate surface area is 129 Å². The van der Waals surface area contributed by atoms with Crippen molar-refractivity contribution >= 4 is 6.29 Å². The molecule has 0 saturated carbocycles. The highest BCUT2D eigenvalue weighted by Crippen LogP contribution is 2.23. The fourth-order valence-electron chi connectivity index (χ4n) is 2.35. The Balaban J connectivity index is 1.92. The third-order valence-electron chi connectivity index (χ3n) is 3.47. The summed E-state index contributed by atoms with van der Waals surface area (Å²) in [6.07, 6.45) is 2.62. The van der Waals surface area contributed by atoms with E-state index in [1.807, 2.05) is 54.6 Å². The molecule has 4 heteroatoms. The molecule has 0 unspecified atom stereocenters. The van der Waals surface area contributed by atoms with Gasteiger partial charge in [0.2, 0.25) is 0 Å². The number of aromatic nitrogens is 2. The number of ether oxygens (including phenoxy) is 1. The topological polar surface area (TPSA) is 44.1 Å². The van der Waals surface area contributed by atoms with Crippen molar-refractivity contribution < 1.29 is 9.53 Å². The summed E-state index contributed by atoms with van der Waals surface area (Å²) in [5, 5.41) is 4.55. The van der Waals surface area contributed by atoms with Crippen LogP contribution < -0.4 is 4.74 Å². The minimum absolute atomic E-state index is 0.584. The molecule has 0 saturated heterocycles. The number of methoxy groups -OCH3 is 1. The van der Waals surface area contributed by atoms with E-state index in [4.69, 9.17) is 4.74 Å². The van der Waals surface area contributed by atoms with Gasteiger partial charge in [0.05, 0.1) is 19.2 Å². The minimum atomic E-state index is 0.584. The van der Waals surface area contributed by atoms with Crippen LogP contribution in [0.15, 0.2) is 60.8 Å². The Bertz CT molecular complexity index is 762. The Kier molecular flexibility index (Phi) is 4.01. The molecule has 0 amide bonds. The zero-order valence-electron chi connectivity index (χ0n) is 12.3. The average Bonchev–Trinajstić information content (AvgIpc) is 2.99. The zero-order chi connectivity index (χ0) is 15.4. The lowest BCUT2D eigenvalue weighted by Gasteiger charge is -2.02. The lowest BCUT2D eigenvalue weighted by Crippen LogP contribution is -2.00. The SMILES string of the molecule is COc1ccc(-c2nn(Cc3ccccc3)cc2C=O)cc1. The summed E-state index contributed by atoms with van der Waals surface area (Å²) in [6, 6.07) is 17.6. The molecule has 110 valence electrons. The minimum Gasteiger partial charge on any atom is -0.497 e. The van der Waals surface area contributed by atoms with Crippen molar-refractivity contribution in [3.05, 3.63) is 71.9 Å². The Hall–Kier alpha value is -2.88. The first-order valence-corrected chi connectivity index (χ1v) is 7.01. The zero-order valence-corrected chi connectivity index (χ0v) is 12.3. The smallest absolute Gasteiger partial charge is 0.153 e. The van der Waals surface area contributed by atoms with E-state index < -0.39 is 0 Å². The maximum atomic E-state index is 11.3. The standard InChI is InChI=1S/C18H16N2O2/c1-22-17-9-7-15(8-10-17)18-16(13-21)12-20(19-18)11-14-5-3-2-4-6-14/h2-10,12-13H,11H2,1H3. The number of hydrogen-bond donors (Lipinski definition) is 0. The van der Waals surface area contributed by atoms with Gasteiger partial charge in [-0.2, -0.15) is 5.10 Å². The number of carbonyl (C=O) groups excluding carboxylic acids is 1. The van der Waals surface area contributed by atoms with Crippen molar-refractivity contribution in [2.45, 2.75) is 6.54 Å². The van der Waals surface area contributed by atoms with Crippen molar-refractivity contribution in [1.82, 2.24) is 9.78 Å². The van der Waals surface area contributed by atoms with Gasteiger partial charge in [-0.1, -0.05) is 30.3 Å². The van der Waals surface area contributed by atoms with Gasteiger partial charge in [0.25, 0.3) is 0 Å². The third kappa shape index (κ3) is 2.91. The highest BCUT2D eigenvalue weighted by Gasteiger charge is 2.11. The van der Waals surface area contributed by atoms with E-state index in [9.17, 15) is 4.79 Å². The second-order valence-electron chi connectivity index (χ2n) is 4.96. The van der Waals surface area contributed by atoms with E-state index in [1.165, 1.54) is 0 Å². The molecule has 2 aromatic carbocycles. The van der Waals surface area contributed by atoms with Gasteiger partial charge in [0, 0.05) is 11.8 Å². The fourth-order valence-corrected chi connectivity index (χ4v) is 2.35. The summed E-state index contributed by atoms with van der Waals surface area (Å²) in [7, 11) is 1.63. The molecular weight excluding hydrogens is 276 g/mol. The number of carbonyl (C=O) groups is 1. The summed E-state index contributed by atoms with van der Waals surface area (Å²) < 4.78 is 6.94. The summed E-state index contributed by atoms with van der Waals surface area (Å²) >= 11 is 0. The lowest BCUT2D eigenvalue weighted by atomic mass is 10.1. The maximum absolute atomic E-state index is 11.3. The van der Waals surface area contributed by atoms with Gasteiger partial charge in [0.1, 0.15) is 11.4 Å². The number of rotatable bonds is 5. The molecule has 0 N–H and O–H groups in total. The number of nitrogens with zero attached hydrogens (tertiary/aromatic N) is 2. The summed E-state index contributed by atoms with van der Waals surface area (Å²) in [6.45, 7) is 0.637. The molecule has 0 fully saturated rings. The van der Waals surface area contributed by atoms with Crippen molar-refractivity contribution in [2.24, 2.45) is 0 Å². The fraction of sp³-hybridized carbons (Fsp3) is 0.111. The normalized spacial score (nSPS) is 10.4. The van der Waals surface area contributed by atoms with Gasteiger partial charge in [-0.3, -0.25) is 9.48 Å². The van der Waals surface area contributed by atoms with E-state index in [0.717, 1.165) is 23.2 Å². The van der Waals surface area contributed by atoms with Gasteiger partial charge in [0.15, 0.2) is 6.29 Å². The van der Waals surface area contributed by atoms with Gasteiger partial charge in [-0.15, -0.1) is 0 Å². The van der Waals surface area contributed by atoms with Crippen LogP contribution in [-0.4, -0.2) is 23.2 Å². The van der Waals surface area contributed by atoms with E-state index in [2.05, 4.69) is 5.10 Å². The van der Waals surface area contributed by atoms with Crippen LogP contribution in [0.2, 0.25) is 0 Å². The highest BCUT2D eigenvalue weighted by atomic mass is 16.5. The summed E-state index contributed by atoms with van der Waals surface area (Å²) in [5.41, 5.74) is 3.31. The highest BCUT2D eigenvalue weighted by molar-refractivity contribution is 5.85. The van der Waals surface area contributed by atoms with Crippen LogP contribution in [-0.2, 0) is 6.54 Å². The largest absolute Gasteiger partial charge is 0.497 e. The van der Waals surface area contributed by atoms with Crippen LogP contribution in [0.25, 0.3) is 11.3 Å². The van der Waals surface area contributed by atoms with Crippen LogP contribution in [0.3, 0.4) is 0 Å². The van der Waals surface area contributed by atoms with Crippen LogP contribution in [0, 0.1) is 0 Å².